The van der Waals surface area contributed by atoms with Crippen molar-refractivity contribution in [2.24, 2.45) is 5.73 Å². The van der Waals surface area contributed by atoms with E-state index in [0.29, 0.717) is 11.1 Å². The smallest absolute Gasteiger partial charge is 0.260 e. The van der Waals surface area contributed by atoms with Gasteiger partial charge in [-0.2, -0.15) is 0 Å². The molecule has 1 aliphatic rings. The lowest BCUT2D eigenvalue weighted by molar-refractivity contribution is 0.0896. The maximum Gasteiger partial charge on any atom is 0.260 e. The predicted molar refractivity (Wildman–Crippen MR) is 51.4 cm³/mol. The Bertz CT molecular complexity index is 403. The first-order chi connectivity index (χ1) is 6.93. The minimum atomic E-state index is -2.74. The fourth-order valence-corrected chi connectivity index (χ4v) is 1.93. The molecule has 0 spiro atoms. The van der Waals surface area contributed by atoms with Gasteiger partial charge < -0.3 is 5.73 Å². The Kier molecular flexibility index (Phi) is 2.08. The van der Waals surface area contributed by atoms with Crippen molar-refractivity contribution in [3.05, 3.63) is 35.1 Å². The van der Waals surface area contributed by atoms with E-state index in [2.05, 4.69) is 0 Å². The van der Waals surface area contributed by atoms with Crippen LogP contribution in [0.1, 0.15) is 17.5 Å². The molecular weight excluding hydrogens is 203 g/mol. The number of rotatable bonds is 2. The first-order valence-electron chi connectivity index (χ1n) is 4.77. The molecule has 0 aliphatic heterocycles. The molecule has 82 valence electrons. The van der Waals surface area contributed by atoms with Gasteiger partial charge in [0.15, 0.2) is 0 Å². The summed E-state index contributed by atoms with van der Waals surface area (Å²) < 4.78 is 39.4. The summed E-state index contributed by atoms with van der Waals surface area (Å²) in [5.41, 5.74) is 4.95. The van der Waals surface area contributed by atoms with Gasteiger partial charge in [-0.15, -0.1) is 0 Å². The molecule has 0 heterocycles. The first kappa shape index (κ1) is 10.5. The number of halogens is 3. The second kappa shape index (κ2) is 2.98. The van der Waals surface area contributed by atoms with Crippen molar-refractivity contribution in [3.8, 4) is 0 Å². The zero-order valence-electron chi connectivity index (χ0n) is 8.36. The van der Waals surface area contributed by atoms with Crippen LogP contribution in [-0.4, -0.2) is 12.5 Å². The summed E-state index contributed by atoms with van der Waals surface area (Å²) >= 11 is 0. The van der Waals surface area contributed by atoms with Crippen LogP contribution in [0.2, 0.25) is 0 Å². The summed E-state index contributed by atoms with van der Waals surface area (Å²) in [6.07, 6.45) is -0.235. The fourth-order valence-electron chi connectivity index (χ4n) is 1.93. The monoisotopic (exact) mass is 215 g/mol. The Morgan fingerprint density at radius 1 is 1.40 bits per heavy atom. The summed E-state index contributed by atoms with van der Waals surface area (Å²) in [5.74, 6) is -3.12. The molecule has 15 heavy (non-hydrogen) atoms. The van der Waals surface area contributed by atoms with E-state index >= 15 is 0 Å². The van der Waals surface area contributed by atoms with Crippen molar-refractivity contribution >= 4 is 0 Å². The summed E-state index contributed by atoms with van der Waals surface area (Å²) in [5, 5.41) is 0. The Morgan fingerprint density at radius 2 is 2.00 bits per heavy atom. The largest absolute Gasteiger partial charge is 0.329 e. The molecule has 0 bridgehead atoms. The Balaban J connectivity index is 2.42. The molecule has 0 aromatic heterocycles. The summed E-state index contributed by atoms with van der Waals surface area (Å²) in [4.78, 5) is 0. The van der Waals surface area contributed by atoms with Crippen molar-refractivity contribution in [2.45, 2.75) is 24.7 Å². The second-order valence-corrected chi connectivity index (χ2v) is 4.13. The van der Waals surface area contributed by atoms with Crippen molar-refractivity contribution in [3.63, 3.8) is 0 Å². The highest BCUT2D eigenvalue weighted by Crippen LogP contribution is 2.60. The van der Waals surface area contributed by atoms with E-state index in [0.717, 1.165) is 0 Å². The first-order valence-corrected chi connectivity index (χ1v) is 4.77. The lowest BCUT2D eigenvalue weighted by atomic mass is 9.94. The molecule has 1 aliphatic carbocycles. The van der Waals surface area contributed by atoms with E-state index in [-0.39, 0.29) is 18.8 Å². The van der Waals surface area contributed by atoms with Crippen LogP contribution < -0.4 is 5.73 Å². The lowest BCUT2D eigenvalue weighted by Crippen LogP contribution is -2.26. The molecule has 1 aromatic rings. The number of alkyl halides is 2. The van der Waals surface area contributed by atoms with Gasteiger partial charge in [0.25, 0.3) is 5.92 Å². The van der Waals surface area contributed by atoms with E-state index in [1.807, 2.05) is 0 Å². The molecular formula is C11H12F3N. The molecule has 1 aromatic carbocycles. The van der Waals surface area contributed by atoms with Gasteiger partial charge in [0, 0.05) is 13.0 Å². The third-order valence-electron chi connectivity index (χ3n) is 3.16. The van der Waals surface area contributed by atoms with E-state index in [1.54, 1.807) is 6.92 Å². The molecule has 1 fully saturated rings. The highest BCUT2D eigenvalue weighted by molar-refractivity contribution is 5.40. The van der Waals surface area contributed by atoms with E-state index in [1.165, 1.54) is 18.2 Å². The van der Waals surface area contributed by atoms with Crippen LogP contribution in [0.4, 0.5) is 13.2 Å². The molecule has 1 saturated carbocycles. The van der Waals surface area contributed by atoms with Crippen LogP contribution >= 0.6 is 0 Å². The van der Waals surface area contributed by atoms with Gasteiger partial charge in [0.1, 0.15) is 5.82 Å². The number of benzene rings is 1. The molecule has 4 heteroatoms. The SMILES string of the molecule is Cc1cc(C2(CN)CC2(F)F)ccc1F. The van der Waals surface area contributed by atoms with Gasteiger partial charge in [0.2, 0.25) is 0 Å². The molecule has 1 unspecified atom stereocenters. The average molecular weight is 215 g/mol. The normalized spacial score (nSPS) is 27.8. The summed E-state index contributed by atoms with van der Waals surface area (Å²) in [6, 6.07) is 4.08. The van der Waals surface area contributed by atoms with Crippen molar-refractivity contribution in [1.29, 1.82) is 0 Å². The molecule has 0 saturated heterocycles. The maximum absolute atomic E-state index is 13.2. The standard InChI is InChI=1S/C11H12F3N/c1-7-4-8(2-3-9(7)12)10(6-15)5-11(10,13)14/h2-4H,5-6,15H2,1H3. The van der Waals surface area contributed by atoms with Crippen LogP contribution in [-0.2, 0) is 5.41 Å². The summed E-state index contributed by atoms with van der Waals surface area (Å²) in [6.45, 7) is 1.45. The number of nitrogens with two attached hydrogens (primary N) is 1. The van der Waals surface area contributed by atoms with Crippen LogP contribution in [0.3, 0.4) is 0 Å². The van der Waals surface area contributed by atoms with E-state index in [4.69, 9.17) is 5.73 Å². The van der Waals surface area contributed by atoms with Gasteiger partial charge >= 0.3 is 0 Å². The summed E-state index contributed by atoms with van der Waals surface area (Å²) in [7, 11) is 0. The lowest BCUT2D eigenvalue weighted by Gasteiger charge is -2.15. The van der Waals surface area contributed by atoms with Gasteiger partial charge in [-0.25, -0.2) is 13.2 Å². The number of hydrogen-bond acceptors (Lipinski definition) is 1. The Morgan fingerprint density at radius 3 is 2.40 bits per heavy atom. The van der Waals surface area contributed by atoms with Crippen LogP contribution in [0.15, 0.2) is 18.2 Å². The third kappa shape index (κ3) is 1.35. The highest BCUT2D eigenvalue weighted by Gasteiger charge is 2.71. The quantitative estimate of drug-likeness (QED) is 0.805. The Hall–Kier alpha value is -1.03. The maximum atomic E-state index is 13.2. The molecule has 0 amide bonds. The average Bonchev–Trinajstić information content (AvgIpc) is 2.75. The van der Waals surface area contributed by atoms with Gasteiger partial charge in [0.05, 0.1) is 5.41 Å². The van der Waals surface area contributed by atoms with E-state index < -0.39 is 11.3 Å². The number of hydrogen-bond donors (Lipinski definition) is 1. The molecule has 0 radical (unpaired) electrons. The highest BCUT2D eigenvalue weighted by atomic mass is 19.3. The predicted octanol–water partition coefficient (Wildman–Crippen LogP) is 2.37. The zero-order chi connectivity index (χ0) is 11.3. The van der Waals surface area contributed by atoms with Gasteiger partial charge in [-0.1, -0.05) is 12.1 Å². The second-order valence-electron chi connectivity index (χ2n) is 4.13. The Labute approximate surface area is 86.1 Å². The van der Waals surface area contributed by atoms with Gasteiger partial charge in [-0.05, 0) is 24.1 Å². The third-order valence-corrected chi connectivity index (χ3v) is 3.16. The molecule has 2 N–H and O–H groups in total. The van der Waals surface area contributed by atoms with E-state index in [9.17, 15) is 13.2 Å². The van der Waals surface area contributed by atoms with Crippen molar-refractivity contribution in [2.75, 3.05) is 6.54 Å². The molecule has 1 atom stereocenters. The minimum Gasteiger partial charge on any atom is -0.329 e. The minimum absolute atomic E-state index is 0.106. The topological polar surface area (TPSA) is 26.0 Å². The molecule has 1 nitrogen and oxygen atoms in total. The van der Waals surface area contributed by atoms with Crippen LogP contribution in [0.25, 0.3) is 0 Å². The van der Waals surface area contributed by atoms with Crippen LogP contribution in [0.5, 0.6) is 0 Å². The fraction of sp³-hybridized carbons (Fsp3) is 0.455. The molecule has 2 rings (SSSR count). The number of aryl methyl sites for hydroxylation is 1. The van der Waals surface area contributed by atoms with Gasteiger partial charge in [-0.3, -0.25) is 0 Å². The van der Waals surface area contributed by atoms with Crippen molar-refractivity contribution < 1.29 is 13.2 Å². The van der Waals surface area contributed by atoms with Crippen LogP contribution in [0, 0.1) is 12.7 Å². The van der Waals surface area contributed by atoms with Crippen molar-refractivity contribution in [1.82, 2.24) is 0 Å². The zero-order valence-corrected chi connectivity index (χ0v) is 8.36.